The van der Waals surface area contributed by atoms with Gasteiger partial charge in [0.15, 0.2) is 0 Å². The van der Waals surface area contributed by atoms with E-state index < -0.39 is 0 Å². The predicted octanol–water partition coefficient (Wildman–Crippen LogP) is 4.08. The average molecular weight is 332 g/mol. The molecule has 0 heterocycles. The van der Waals surface area contributed by atoms with Gasteiger partial charge in [-0.05, 0) is 40.7 Å². The molecule has 0 unspecified atom stereocenters. The maximum Gasteiger partial charge on any atom is 0.137 e. The third kappa shape index (κ3) is 5.63. The second-order valence-electron chi connectivity index (χ2n) is 3.95. The van der Waals surface area contributed by atoms with Crippen LogP contribution in [0, 0.1) is 0 Å². The van der Waals surface area contributed by atoms with E-state index in [1.165, 1.54) is 5.56 Å². The third-order valence-corrected chi connectivity index (χ3v) is 3.96. The molecule has 2 nitrogen and oxygen atoms in total. The van der Waals surface area contributed by atoms with E-state index in [0.717, 1.165) is 47.8 Å². The van der Waals surface area contributed by atoms with Crippen LogP contribution in [0.1, 0.15) is 25.8 Å². The van der Waals surface area contributed by atoms with E-state index in [9.17, 15) is 0 Å². The Hall–Kier alpha value is -0.190. The van der Waals surface area contributed by atoms with Gasteiger partial charge in [-0.25, -0.2) is 0 Å². The van der Waals surface area contributed by atoms with E-state index in [-0.39, 0.29) is 0 Å². The highest BCUT2D eigenvalue weighted by molar-refractivity contribution is 9.10. The van der Waals surface area contributed by atoms with Gasteiger partial charge in [0.25, 0.3) is 0 Å². The van der Waals surface area contributed by atoms with Gasteiger partial charge >= 0.3 is 0 Å². The summed E-state index contributed by atoms with van der Waals surface area (Å²) in [5.41, 5.74) is 1.22. The fraction of sp³-hybridized carbons (Fsp3) is 0.571. The predicted molar refractivity (Wildman–Crippen MR) is 84.6 cm³/mol. The number of hydrogen-bond donors (Lipinski definition) is 1. The van der Waals surface area contributed by atoms with Crippen LogP contribution in [0.3, 0.4) is 0 Å². The molecule has 0 spiro atoms. The summed E-state index contributed by atoms with van der Waals surface area (Å²) >= 11 is 5.47. The molecular weight excluding hydrogens is 310 g/mol. The van der Waals surface area contributed by atoms with Crippen molar-refractivity contribution in [3.05, 3.63) is 28.2 Å². The lowest BCUT2D eigenvalue weighted by molar-refractivity contribution is 0.337. The van der Waals surface area contributed by atoms with Crippen LogP contribution in [0.2, 0.25) is 0 Å². The third-order valence-electron chi connectivity index (χ3n) is 2.47. The first-order chi connectivity index (χ1) is 8.79. The standard InChI is InChI=1S/C14H22BrNOS/c1-3-8-16-11-12-6-5-7-13(15)14(12)17-9-10-18-4-2/h5-7,16H,3-4,8-11H2,1-2H3. The molecule has 1 N–H and O–H groups in total. The van der Waals surface area contributed by atoms with Crippen molar-refractivity contribution >= 4 is 27.7 Å². The Morgan fingerprint density at radius 1 is 1.33 bits per heavy atom. The summed E-state index contributed by atoms with van der Waals surface area (Å²) in [6, 6.07) is 6.21. The number of halogens is 1. The quantitative estimate of drug-likeness (QED) is 0.689. The van der Waals surface area contributed by atoms with E-state index in [1.54, 1.807) is 0 Å². The van der Waals surface area contributed by atoms with Crippen LogP contribution in [0.25, 0.3) is 0 Å². The Morgan fingerprint density at radius 2 is 2.17 bits per heavy atom. The summed E-state index contributed by atoms with van der Waals surface area (Å²) in [5.74, 6) is 3.17. The van der Waals surface area contributed by atoms with Gasteiger partial charge in [0.2, 0.25) is 0 Å². The highest BCUT2D eigenvalue weighted by Gasteiger charge is 2.07. The number of benzene rings is 1. The molecule has 1 aromatic carbocycles. The number of nitrogens with one attached hydrogen (secondary N) is 1. The fourth-order valence-corrected chi connectivity index (χ4v) is 2.61. The van der Waals surface area contributed by atoms with Crippen LogP contribution in [-0.2, 0) is 6.54 Å². The van der Waals surface area contributed by atoms with Gasteiger partial charge in [-0.1, -0.05) is 26.0 Å². The van der Waals surface area contributed by atoms with Gasteiger partial charge in [-0.3, -0.25) is 0 Å². The van der Waals surface area contributed by atoms with Crippen molar-refractivity contribution in [2.24, 2.45) is 0 Å². The monoisotopic (exact) mass is 331 g/mol. The molecule has 0 aliphatic rings. The van der Waals surface area contributed by atoms with Crippen LogP contribution in [-0.4, -0.2) is 24.7 Å². The van der Waals surface area contributed by atoms with E-state index >= 15 is 0 Å². The zero-order valence-corrected chi connectivity index (χ0v) is 13.6. The van der Waals surface area contributed by atoms with E-state index in [1.807, 2.05) is 17.8 Å². The molecule has 4 heteroatoms. The van der Waals surface area contributed by atoms with Crippen molar-refractivity contribution in [2.75, 3.05) is 24.7 Å². The second-order valence-corrected chi connectivity index (χ2v) is 6.20. The summed E-state index contributed by atoms with van der Waals surface area (Å²) < 4.78 is 6.93. The lowest BCUT2D eigenvalue weighted by Gasteiger charge is -2.13. The smallest absolute Gasteiger partial charge is 0.137 e. The molecule has 0 aliphatic heterocycles. The number of para-hydroxylation sites is 1. The fourth-order valence-electron chi connectivity index (χ4n) is 1.60. The van der Waals surface area contributed by atoms with Gasteiger partial charge in [-0.15, -0.1) is 0 Å². The summed E-state index contributed by atoms with van der Waals surface area (Å²) in [6.07, 6.45) is 1.15. The van der Waals surface area contributed by atoms with Gasteiger partial charge in [0.05, 0.1) is 11.1 Å². The topological polar surface area (TPSA) is 21.3 Å². The Kier molecular flexibility index (Phi) is 8.55. The number of thioether (sulfide) groups is 1. The van der Waals surface area contributed by atoms with E-state index in [0.29, 0.717) is 0 Å². The number of ether oxygens (including phenoxy) is 1. The van der Waals surface area contributed by atoms with Crippen LogP contribution < -0.4 is 10.1 Å². The Morgan fingerprint density at radius 3 is 2.89 bits per heavy atom. The maximum atomic E-state index is 5.89. The van der Waals surface area contributed by atoms with Crippen LogP contribution in [0.5, 0.6) is 5.75 Å². The van der Waals surface area contributed by atoms with Crippen molar-refractivity contribution in [2.45, 2.75) is 26.8 Å². The summed E-state index contributed by atoms with van der Waals surface area (Å²) in [5, 5.41) is 3.41. The minimum Gasteiger partial charge on any atom is -0.491 e. The molecule has 0 fully saturated rings. The molecular formula is C14H22BrNOS. The molecule has 18 heavy (non-hydrogen) atoms. The summed E-state index contributed by atoms with van der Waals surface area (Å²) in [4.78, 5) is 0. The van der Waals surface area contributed by atoms with Crippen molar-refractivity contribution < 1.29 is 4.74 Å². The minimum atomic E-state index is 0.766. The number of rotatable bonds is 9. The first-order valence-electron chi connectivity index (χ1n) is 6.48. The van der Waals surface area contributed by atoms with Crippen molar-refractivity contribution in [1.29, 1.82) is 0 Å². The van der Waals surface area contributed by atoms with Gasteiger partial charge in [0, 0.05) is 17.9 Å². The normalized spacial score (nSPS) is 10.6. The average Bonchev–Trinajstić information content (AvgIpc) is 2.37. The highest BCUT2D eigenvalue weighted by atomic mass is 79.9. The molecule has 0 aromatic heterocycles. The van der Waals surface area contributed by atoms with Crippen LogP contribution in [0.4, 0.5) is 0 Å². The molecule has 0 bridgehead atoms. The first-order valence-corrected chi connectivity index (χ1v) is 8.43. The first kappa shape index (κ1) is 15.9. The molecule has 0 saturated carbocycles. The van der Waals surface area contributed by atoms with Crippen LogP contribution >= 0.6 is 27.7 Å². The SMILES string of the molecule is CCCNCc1cccc(Br)c1OCCSCC. The second kappa shape index (κ2) is 9.70. The molecule has 0 radical (unpaired) electrons. The largest absolute Gasteiger partial charge is 0.491 e. The molecule has 0 saturated heterocycles. The molecule has 0 amide bonds. The molecule has 1 aromatic rings. The molecule has 1 rings (SSSR count). The number of hydrogen-bond acceptors (Lipinski definition) is 3. The Bertz CT molecular complexity index is 347. The highest BCUT2D eigenvalue weighted by Crippen LogP contribution is 2.29. The lowest BCUT2D eigenvalue weighted by Crippen LogP contribution is -2.15. The van der Waals surface area contributed by atoms with Gasteiger partial charge in [-0.2, -0.15) is 11.8 Å². The Labute approximate surface area is 123 Å². The van der Waals surface area contributed by atoms with Gasteiger partial charge < -0.3 is 10.1 Å². The molecule has 0 aliphatic carbocycles. The van der Waals surface area contributed by atoms with Crippen molar-refractivity contribution in [3.63, 3.8) is 0 Å². The minimum absolute atomic E-state index is 0.766. The Balaban J connectivity index is 2.56. The maximum absolute atomic E-state index is 5.89. The van der Waals surface area contributed by atoms with Crippen LogP contribution in [0.15, 0.2) is 22.7 Å². The molecule has 102 valence electrons. The van der Waals surface area contributed by atoms with Crippen molar-refractivity contribution in [3.8, 4) is 5.75 Å². The van der Waals surface area contributed by atoms with E-state index in [4.69, 9.17) is 4.74 Å². The van der Waals surface area contributed by atoms with E-state index in [2.05, 4.69) is 47.2 Å². The zero-order valence-electron chi connectivity index (χ0n) is 11.2. The molecule has 0 atom stereocenters. The summed E-state index contributed by atoms with van der Waals surface area (Å²) in [6.45, 7) is 7.01. The van der Waals surface area contributed by atoms with Crippen molar-refractivity contribution in [1.82, 2.24) is 5.32 Å². The lowest BCUT2D eigenvalue weighted by atomic mass is 10.2. The zero-order chi connectivity index (χ0) is 13.2. The van der Waals surface area contributed by atoms with Gasteiger partial charge in [0.1, 0.15) is 5.75 Å². The summed E-state index contributed by atoms with van der Waals surface area (Å²) in [7, 11) is 0.